The monoisotopic (exact) mass is 291 g/mol. The lowest BCUT2D eigenvalue weighted by Crippen LogP contribution is -2.29. The van der Waals surface area contributed by atoms with Crippen LogP contribution in [0.5, 0.6) is 0 Å². The smallest absolute Gasteiger partial charge is 0.346 e. The number of nitrogens with one attached hydrogen (secondary N) is 1. The van der Waals surface area contributed by atoms with Crippen molar-refractivity contribution in [3.63, 3.8) is 0 Å². The molecule has 0 aliphatic carbocycles. The summed E-state index contributed by atoms with van der Waals surface area (Å²) in [6.07, 6.45) is 2.89. The maximum atomic E-state index is 12.3. The summed E-state index contributed by atoms with van der Waals surface area (Å²) in [6.45, 7) is 2.75. The first-order valence-electron chi connectivity index (χ1n) is 6.87. The third-order valence-electron chi connectivity index (χ3n) is 3.73. The van der Waals surface area contributed by atoms with Crippen molar-refractivity contribution < 1.29 is 9.21 Å². The maximum absolute atomic E-state index is 12.3. The molecular weight excluding hydrogens is 274 g/mol. The Bertz CT molecular complexity index is 740. The van der Waals surface area contributed by atoms with Gasteiger partial charge in [-0.2, -0.15) is 5.10 Å². The molecule has 0 fully saturated rings. The standard InChI is InChI=1S/C13H17N5O3/c1-8-9(6-10(21-8)12(19)15-14)7-18-13(20)17-5-3-2-4-11(17)16-18/h6H,2-5,7,14H2,1H3,(H,15,19). The summed E-state index contributed by atoms with van der Waals surface area (Å²) in [5.41, 5.74) is 2.64. The van der Waals surface area contributed by atoms with Gasteiger partial charge in [-0.3, -0.25) is 14.8 Å². The van der Waals surface area contributed by atoms with E-state index in [0.29, 0.717) is 5.76 Å². The molecule has 3 N–H and O–H groups in total. The molecule has 3 rings (SSSR count). The van der Waals surface area contributed by atoms with E-state index in [1.165, 1.54) is 4.68 Å². The molecule has 0 saturated heterocycles. The summed E-state index contributed by atoms with van der Waals surface area (Å²) < 4.78 is 8.47. The van der Waals surface area contributed by atoms with Crippen molar-refractivity contribution in [3.05, 3.63) is 39.5 Å². The summed E-state index contributed by atoms with van der Waals surface area (Å²) in [6, 6.07) is 1.59. The fraction of sp³-hybridized carbons (Fsp3) is 0.462. The van der Waals surface area contributed by atoms with Gasteiger partial charge in [0.25, 0.3) is 0 Å². The highest BCUT2D eigenvalue weighted by molar-refractivity contribution is 5.91. The number of hydrogen-bond acceptors (Lipinski definition) is 5. The van der Waals surface area contributed by atoms with E-state index >= 15 is 0 Å². The second-order valence-corrected chi connectivity index (χ2v) is 5.13. The Hall–Kier alpha value is -2.35. The van der Waals surface area contributed by atoms with Crippen LogP contribution in [0.3, 0.4) is 0 Å². The number of aromatic nitrogens is 3. The van der Waals surface area contributed by atoms with Crippen LogP contribution in [-0.2, 0) is 19.5 Å². The van der Waals surface area contributed by atoms with Crippen LogP contribution in [0.25, 0.3) is 0 Å². The molecule has 0 bridgehead atoms. The predicted octanol–water partition coefficient (Wildman–Crippen LogP) is -0.0657. The Balaban J connectivity index is 1.90. The Morgan fingerprint density at radius 1 is 1.52 bits per heavy atom. The number of furan rings is 1. The average Bonchev–Trinajstić information content (AvgIpc) is 3.01. The second kappa shape index (κ2) is 5.21. The van der Waals surface area contributed by atoms with Gasteiger partial charge in [0.05, 0.1) is 6.54 Å². The SMILES string of the molecule is Cc1oc(C(=O)NN)cc1Cn1nc2n(c1=O)CCCC2. The van der Waals surface area contributed by atoms with Crippen LogP contribution in [0, 0.1) is 6.92 Å². The van der Waals surface area contributed by atoms with Crippen molar-refractivity contribution in [1.29, 1.82) is 0 Å². The van der Waals surface area contributed by atoms with Gasteiger partial charge in [-0.1, -0.05) is 0 Å². The first-order valence-corrected chi connectivity index (χ1v) is 6.87. The number of amides is 1. The topological polar surface area (TPSA) is 108 Å². The van der Waals surface area contributed by atoms with Gasteiger partial charge in [-0.05, 0) is 25.8 Å². The number of nitrogens with two attached hydrogens (primary N) is 1. The highest BCUT2D eigenvalue weighted by Crippen LogP contribution is 2.16. The third kappa shape index (κ3) is 2.38. The van der Waals surface area contributed by atoms with Gasteiger partial charge < -0.3 is 4.42 Å². The highest BCUT2D eigenvalue weighted by atomic mass is 16.4. The van der Waals surface area contributed by atoms with Crippen LogP contribution in [-0.4, -0.2) is 20.3 Å². The molecule has 8 nitrogen and oxygen atoms in total. The quantitative estimate of drug-likeness (QED) is 0.467. The summed E-state index contributed by atoms with van der Waals surface area (Å²) in [7, 11) is 0. The van der Waals surface area contributed by atoms with Crippen molar-refractivity contribution in [1.82, 2.24) is 19.8 Å². The number of hydrogen-bond donors (Lipinski definition) is 2. The number of rotatable bonds is 3. The van der Waals surface area contributed by atoms with Crippen molar-refractivity contribution in [2.45, 2.75) is 39.3 Å². The Kier molecular flexibility index (Phi) is 3.38. The average molecular weight is 291 g/mol. The zero-order valence-electron chi connectivity index (χ0n) is 11.8. The number of nitrogens with zero attached hydrogens (tertiary/aromatic N) is 3. The van der Waals surface area contributed by atoms with Crippen LogP contribution in [0.2, 0.25) is 0 Å². The number of carbonyl (C=O) groups is 1. The van der Waals surface area contributed by atoms with Gasteiger partial charge in [-0.25, -0.2) is 15.3 Å². The number of hydrazine groups is 1. The van der Waals surface area contributed by atoms with E-state index in [1.807, 2.05) is 5.43 Å². The van der Waals surface area contributed by atoms with Gasteiger partial charge >= 0.3 is 11.6 Å². The minimum atomic E-state index is -0.499. The van der Waals surface area contributed by atoms with E-state index in [0.717, 1.165) is 37.2 Å². The Morgan fingerprint density at radius 2 is 2.33 bits per heavy atom. The van der Waals surface area contributed by atoms with E-state index in [-0.39, 0.29) is 18.0 Å². The predicted molar refractivity (Wildman–Crippen MR) is 73.6 cm³/mol. The summed E-state index contributed by atoms with van der Waals surface area (Å²) in [5, 5.41) is 4.36. The molecule has 0 aromatic carbocycles. The Labute approximate surface area is 120 Å². The molecule has 8 heteroatoms. The fourth-order valence-electron chi connectivity index (χ4n) is 2.57. The summed E-state index contributed by atoms with van der Waals surface area (Å²) in [4.78, 5) is 23.7. The number of fused-ring (bicyclic) bond motifs is 1. The molecule has 0 unspecified atom stereocenters. The summed E-state index contributed by atoms with van der Waals surface area (Å²) >= 11 is 0. The molecule has 21 heavy (non-hydrogen) atoms. The zero-order chi connectivity index (χ0) is 15.0. The van der Waals surface area contributed by atoms with Crippen LogP contribution in [0.4, 0.5) is 0 Å². The van der Waals surface area contributed by atoms with Gasteiger partial charge in [0, 0.05) is 18.5 Å². The van der Waals surface area contributed by atoms with Crippen molar-refractivity contribution in [3.8, 4) is 0 Å². The lowest BCUT2D eigenvalue weighted by Gasteiger charge is -2.09. The molecule has 2 aromatic heterocycles. The van der Waals surface area contributed by atoms with E-state index in [9.17, 15) is 9.59 Å². The number of nitrogen functional groups attached to an aromatic ring is 1. The van der Waals surface area contributed by atoms with Gasteiger partial charge in [0.1, 0.15) is 11.6 Å². The Morgan fingerprint density at radius 3 is 3.05 bits per heavy atom. The highest BCUT2D eigenvalue weighted by Gasteiger charge is 2.19. The van der Waals surface area contributed by atoms with Crippen LogP contribution >= 0.6 is 0 Å². The first-order chi connectivity index (χ1) is 10.1. The first kappa shape index (κ1) is 13.6. The van der Waals surface area contributed by atoms with E-state index < -0.39 is 5.91 Å². The van der Waals surface area contributed by atoms with E-state index in [1.54, 1.807) is 17.6 Å². The van der Waals surface area contributed by atoms with E-state index in [4.69, 9.17) is 10.3 Å². The van der Waals surface area contributed by atoms with Crippen molar-refractivity contribution in [2.24, 2.45) is 5.84 Å². The molecule has 1 aliphatic rings. The number of aryl methyl sites for hydroxylation is 2. The molecule has 0 radical (unpaired) electrons. The molecular formula is C13H17N5O3. The number of carbonyl (C=O) groups excluding carboxylic acids is 1. The van der Waals surface area contributed by atoms with Crippen molar-refractivity contribution in [2.75, 3.05) is 0 Å². The molecule has 0 saturated carbocycles. The molecule has 0 spiro atoms. The van der Waals surface area contributed by atoms with Gasteiger partial charge in [-0.15, -0.1) is 0 Å². The minimum Gasteiger partial charge on any atom is -0.456 e. The second-order valence-electron chi connectivity index (χ2n) is 5.13. The molecule has 0 atom stereocenters. The summed E-state index contributed by atoms with van der Waals surface area (Å²) in [5.74, 6) is 6.11. The normalized spacial score (nSPS) is 14.0. The van der Waals surface area contributed by atoms with Gasteiger partial charge in [0.15, 0.2) is 5.76 Å². The molecule has 2 aromatic rings. The zero-order valence-corrected chi connectivity index (χ0v) is 11.8. The molecule has 1 aliphatic heterocycles. The van der Waals surface area contributed by atoms with Crippen molar-refractivity contribution >= 4 is 5.91 Å². The van der Waals surface area contributed by atoms with Crippen LogP contribution < -0.4 is 17.0 Å². The maximum Gasteiger partial charge on any atom is 0.346 e. The molecule has 1 amide bonds. The minimum absolute atomic E-state index is 0.116. The third-order valence-corrected chi connectivity index (χ3v) is 3.73. The van der Waals surface area contributed by atoms with Gasteiger partial charge in [0.2, 0.25) is 0 Å². The lowest BCUT2D eigenvalue weighted by molar-refractivity contribution is 0.0924. The largest absolute Gasteiger partial charge is 0.456 e. The lowest BCUT2D eigenvalue weighted by atomic mass is 10.2. The molecule has 3 heterocycles. The fourth-order valence-corrected chi connectivity index (χ4v) is 2.57. The molecule has 112 valence electrons. The van der Waals surface area contributed by atoms with E-state index in [2.05, 4.69) is 5.10 Å². The van der Waals surface area contributed by atoms with Crippen LogP contribution in [0.1, 0.15) is 40.5 Å². The van der Waals surface area contributed by atoms with Crippen LogP contribution in [0.15, 0.2) is 15.3 Å².